The van der Waals surface area contributed by atoms with E-state index in [9.17, 15) is 9.90 Å². The summed E-state index contributed by atoms with van der Waals surface area (Å²) in [5.41, 5.74) is -0.100. The molecule has 1 saturated carbocycles. The van der Waals surface area contributed by atoms with Crippen LogP contribution in [0.2, 0.25) is 0 Å². The Hall–Kier alpha value is -0.850. The zero-order chi connectivity index (χ0) is 18.4. The first kappa shape index (κ1) is 25.2. The predicted molar refractivity (Wildman–Crippen MR) is 117 cm³/mol. The van der Waals surface area contributed by atoms with Crippen molar-refractivity contribution >= 4 is 30.8 Å². The first-order valence-electron chi connectivity index (χ1n) is 9.93. The van der Waals surface area contributed by atoms with Crippen molar-refractivity contribution < 1.29 is 14.6 Å². The summed E-state index contributed by atoms with van der Waals surface area (Å²) in [7, 11) is 2.15. The molecule has 2 aliphatic rings. The van der Waals surface area contributed by atoms with Gasteiger partial charge in [0.1, 0.15) is 5.92 Å². The molecule has 1 atom stereocenters. The third-order valence-corrected chi connectivity index (χ3v) is 5.83. The number of likely N-dealkylation sites (N-methyl/N-ethyl adjacent to an activating group) is 1. The molecule has 2 fully saturated rings. The number of hydrogen-bond donors (Lipinski definition) is 1. The Kier molecular flexibility index (Phi) is 10.8. The van der Waals surface area contributed by atoms with Gasteiger partial charge in [0, 0.05) is 32.7 Å². The van der Waals surface area contributed by atoms with Crippen LogP contribution >= 0.6 is 24.8 Å². The van der Waals surface area contributed by atoms with Gasteiger partial charge in [0.2, 0.25) is 0 Å². The minimum atomic E-state index is -0.962. The average Bonchev–Trinajstić information content (AvgIpc) is 3.08. The highest BCUT2D eigenvalue weighted by Gasteiger charge is 2.45. The van der Waals surface area contributed by atoms with E-state index < -0.39 is 11.5 Å². The fraction of sp³-hybridized carbons (Fsp3) is 0.667. The van der Waals surface area contributed by atoms with Crippen molar-refractivity contribution in [1.82, 2.24) is 9.80 Å². The van der Waals surface area contributed by atoms with Gasteiger partial charge in [0.05, 0.1) is 12.2 Å². The molecule has 5 nitrogen and oxygen atoms in total. The Labute approximate surface area is 181 Å². The van der Waals surface area contributed by atoms with Crippen molar-refractivity contribution in [2.75, 3.05) is 46.4 Å². The van der Waals surface area contributed by atoms with Crippen molar-refractivity contribution in [3.63, 3.8) is 0 Å². The van der Waals surface area contributed by atoms with Crippen LogP contribution in [0.3, 0.4) is 0 Å². The van der Waals surface area contributed by atoms with Crippen LogP contribution in [-0.2, 0) is 9.53 Å². The number of nitrogens with zero attached hydrogens (tertiary/aromatic N) is 2. The monoisotopic (exact) mass is 432 g/mol. The SMILES string of the molecule is CN1CCN(CCCOC(=O)C(c2ccccc2)C2(O)CCCC2)CC1.Cl.Cl. The predicted octanol–water partition coefficient (Wildman–Crippen LogP) is 3.10. The summed E-state index contributed by atoms with van der Waals surface area (Å²) < 4.78 is 5.61. The van der Waals surface area contributed by atoms with Gasteiger partial charge >= 0.3 is 5.97 Å². The molecule has 1 heterocycles. The summed E-state index contributed by atoms with van der Waals surface area (Å²) in [4.78, 5) is 17.6. The van der Waals surface area contributed by atoms with Crippen molar-refractivity contribution in [3.05, 3.63) is 35.9 Å². The topological polar surface area (TPSA) is 53.0 Å². The molecule has 1 unspecified atom stereocenters. The third kappa shape index (κ3) is 6.60. The van der Waals surface area contributed by atoms with Gasteiger partial charge in [0.25, 0.3) is 0 Å². The molecule has 7 heteroatoms. The van der Waals surface area contributed by atoms with Crippen LogP contribution in [0.15, 0.2) is 30.3 Å². The van der Waals surface area contributed by atoms with Crippen molar-refractivity contribution in [1.29, 1.82) is 0 Å². The molecular formula is C21H34Cl2N2O3. The van der Waals surface area contributed by atoms with Crippen LogP contribution in [0.1, 0.15) is 43.6 Å². The van der Waals surface area contributed by atoms with Gasteiger partial charge in [-0.2, -0.15) is 0 Å². The largest absolute Gasteiger partial charge is 0.465 e. The van der Waals surface area contributed by atoms with Crippen LogP contribution < -0.4 is 0 Å². The summed E-state index contributed by atoms with van der Waals surface area (Å²) >= 11 is 0. The van der Waals surface area contributed by atoms with Crippen LogP contribution in [0.4, 0.5) is 0 Å². The number of carbonyl (C=O) groups excluding carboxylic acids is 1. The van der Waals surface area contributed by atoms with Gasteiger partial charge in [-0.3, -0.25) is 4.79 Å². The standard InChI is InChI=1S/C21H32N2O3.2ClH/c1-22-13-15-23(16-14-22)12-7-17-26-20(24)19(18-8-3-2-4-9-18)21(25)10-5-6-11-21;;/h2-4,8-9,19,25H,5-7,10-17H2,1H3;2*1H. The van der Waals surface area contributed by atoms with Gasteiger partial charge in [-0.1, -0.05) is 43.2 Å². The second-order valence-corrected chi connectivity index (χ2v) is 7.82. The van der Waals surface area contributed by atoms with Crippen molar-refractivity contribution in [2.45, 2.75) is 43.6 Å². The van der Waals surface area contributed by atoms with E-state index in [2.05, 4.69) is 16.8 Å². The van der Waals surface area contributed by atoms with E-state index in [-0.39, 0.29) is 30.8 Å². The van der Waals surface area contributed by atoms with E-state index in [1.807, 2.05) is 30.3 Å². The van der Waals surface area contributed by atoms with E-state index in [0.717, 1.165) is 57.5 Å². The molecule has 3 rings (SSSR count). The lowest BCUT2D eigenvalue weighted by Gasteiger charge is -2.33. The average molecular weight is 433 g/mol. The van der Waals surface area contributed by atoms with E-state index >= 15 is 0 Å². The van der Waals surface area contributed by atoms with Crippen LogP contribution in [-0.4, -0.2) is 72.9 Å². The summed E-state index contributed by atoms with van der Waals surface area (Å²) in [6.07, 6.45) is 4.12. The molecular weight excluding hydrogens is 399 g/mol. The molecule has 1 aliphatic heterocycles. The van der Waals surface area contributed by atoms with Crippen LogP contribution in [0.5, 0.6) is 0 Å². The molecule has 1 aromatic carbocycles. The lowest BCUT2D eigenvalue weighted by Crippen LogP contribution is -2.45. The maximum Gasteiger partial charge on any atom is 0.316 e. The van der Waals surface area contributed by atoms with Gasteiger partial charge < -0.3 is 19.6 Å². The molecule has 0 aromatic heterocycles. The highest BCUT2D eigenvalue weighted by atomic mass is 35.5. The second kappa shape index (κ2) is 12.0. The fourth-order valence-corrected chi connectivity index (χ4v) is 4.20. The maximum absolute atomic E-state index is 12.8. The summed E-state index contributed by atoms with van der Waals surface area (Å²) in [6.45, 7) is 5.74. The molecule has 1 saturated heterocycles. The Bertz CT molecular complexity index is 574. The number of hydrogen-bond acceptors (Lipinski definition) is 5. The third-order valence-electron chi connectivity index (χ3n) is 5.83. The number of rotatable bonds is 7. The lowest BCUT2D eigenvalue weighted by atomic mass is 9.81. The Morgan fingerprint density at radius 1 is 1.11 bits per heavy atom. The quantitative estimate of drug-likeness (QED) is 0.529. The number of halogens is 2. The molecule has 1 N–H and O–H groups in total. The number of esters is 1. The van der Waals surface area contributed by atoms with Crippen molar-refractivity contribution in [2.24, 2.45) is 0 Å². The molecule has 1 aliphatic carbocycles. The van der Waals surface area contributed by atoms with Gasteiger partial charge in [0.15, 0.2) is 0 Å². The molecule has 0 spiro atoms. The van der Waals surface area contributed by atoms with Crippen LogP contribution in [0, 0.1) is 0 Å². The Balaban J connectivity index is 0.00000196. The summed E-state index contributed by atoms with van der Waals surface area (Å²) in [5.74, 6) is -0.853. The number of aliphatic hydroxyl groups is 1. The highest BCUT2D eigenvalue weighted by Crippen LogP contribution is 2.42. The number of carbonyl (C=O) groups is 1. The number of piperazine rings is 1. The van der Waals surface area contributed by atoms with E-state index in [1.54, 1.807) is 0 Å². The molecule has 160 valence electrons. The molecule has 28 heavy (non-hydrogen) atoms. The highest BCUT2D eigenvalue weighted by molar-refractivity contribution is 5.85. The number of benzene rings is 1. The maximum atomic E-state index is 12.8. The zero-order valence-corrected chi connectivity index (χ0v) is 18.3. The first-order chi connectivity index (χ1) is 12.6. The van der Waals surface area contributed by atoms with Crippen LogP contribution in [0.25, 0.3) is 0 Å². The summed E-state index contributed by atoms with van der Waals surface area (Å²) in [6, 6.07) is 9.61. The van der Waals surface area contributed by atoms with Crippen molar-refractivity contribution in [3.8, 4) is 0 Å². The fourth-order valence-electron chi connectivity index (χ4n) is 4.20. The molecule has 0 radical (unpaired) electrons. The minimum absolute atomic E-state index is 0. The Morgan fingerprint density at radius 2 is 1.71 bits per heavy atom. The van der Waals surface area contributed by atoms with Gasteiger partial charge in [-0.05, 0) is 31.9 Å². The smallest absolute Gasteiger partial charge is 0.316 e. The van der Waals surface area contributed by atoms with Gasteiger partial charge in [-0.25, -0.2) is 0 Å². The van der Waals surface area contributed by atoms with E-state index in [1.165, 1.54) is 0 Å². The molecule has 1 aromatic rings. The summed E-state index contributed by atoms with van der Waals surface area (Å²) in [5, 5.41) is 11.0. The molecule has 0 amide bonds. The van der Waals surface area contributed by atoms with Gasteiger partial charge in [-0.15, -0.1) is 24.8 Å². The lowest BCUT2D eigenvalue weighted by molar-refractivity contribution is -0.152. The Morgan fingerprint density at radius 3 is 2.32 bits per heavy atom. The molecule has 0 bridgehead atoms. The minimum Gasteiger partial charge on any atom is -0.465 e. The normalized spacial score (nSPS) is 20.6. The number of ether oxygens (including phenoxy) is 1. The van der Waals surface area contributed by atoms with E-state index in [0.29, 0.717) is 19.4 Å². The van der Waals surface area contributed by atoms with E-state index in [4.69, 9.17) is 4.74 Å². The zero-order valence-electron chi connectivity index (χ0n) is 16.7. The first-order valence-corrected chi connectivity index (χ1v) is 9.93. The second-order valence-electron chi connectivity index (χ2n) is 7.82.